The Balaban J connectivity index is 1.70. The average Bonchev–Trinajstić information content (AvgIpc) is 3.31. The van der Waals surface area contributed by atoms with Crippen LogP contribution in [0.3, 0.4) is 0 Å². The van der Waals surface area contributed by atoms with Gasteiger partial charge in [0.05, 0.1) is 0 Å². The van der Waals surface area contributed by atoms with Crippen molar-refractivity contribution in [3.05, 3.63) is 106 Å². The minimum absolute atomic E-state index is 0.636. The molecule has 0 bridgehead atoms. The lowest BCUT2D eigenvalue weighted by atomic mass is 9.81. The van der Waals surface area contributed by atoms with Crippen LogP contribution in [-0.2, 0) is 25.7 Å². The van der Waals surface area contributed by atoms with Crippen LogP contribution in [0.5, 0.6) is 11.5 Å². The molecule has 1 nitrogen and oxygen atoms in total. The van der Waals surface area contributed by atoms with Crippen molar-refractivity contribution in [1.82, 2.24) is 0 Å². The highest BCUT2D eigenvalue weighted by Gasteiger charge is 2.26. The molecule has 0 spiro atoms. The van der Waals surface area contributed by atoms with E-state index in [0.717, 1.165) is 37.2 Å². The van der Waals surface area contributed by atoms with Gasteiger partial charge in [0.15, 0.2) is 0 Å². The number of hydrogen-bond acceptors (Lipinski definition) is 1. The Morgan fingerprint density at radius 2 is 0.635 bits per heavy atom. The second-order valence-corrected chi connectivity index (χ2v) is 19.9. The van der Waals surface area contributed by atoms with E-state index in [0.29, 0.717) is 23.7 Å². The summed E-state index contributed by atoms with van der Waals surface area (Å²) in [5, 5.41) is 11.4. The summed E-state index contributed by atoms with van der Waals surface area (Å²) < 4.78 is 7.94. The minimum atomic E-state index is 0.636. The lowest BCUT2D eigenvalue weighted by molar-refractivity contribution is 0.447. The van der Waals surface area contributed by atoms with E-state index >= 15 is 0 Å². The SMILES string of the molecule is CCCCC(CC)Cc1c2ccccc2c(CC(CC)CCCC)c2c(Oc3c(C)ccc4c(CC(CC)CCCC)c5ccccc5c(CC(CC)CCCC)c34)c(C)ccc12. The molecule has 0 N–H and O–H groups in total. The fourth-order valence-electron chi connectivity index (χ4n) is 11.2. The van der Waals surface area contributed by atoms with Gasteiger partial charge in [-0.15, -0.1) is 0 Å². The van der Waals surface area contributed by atoms with E-state index in [4.69, 9.17) is 4.74 Å². The first-order chi connectivity index (χ1) is 30.8. The van der Waals surface area contributed by atoms with Gasteiger partial charge in [-0.1, -0.05) is 231 Å². The van der Waals surface area contributed by atoms with Crippen molar-refractivity contribution in [2.45, 2.75) is 198 Å². The molecule has 0 aromatic heterocycles. The quantitative estimate of drug-likeness (QED) is 0.0494. The molecule has 6 aromatic carbocycles. The summed E-state index contributed by atoms with van der Waals surface area (Å²) in [7, 11) is 0. The fraction of sp³-hybridized carbons (Fsp3) is 0.548. The first-order valence-electron chi connectivity index (χ1n) is 26.4. The smallest absolute Gasteiger partial charge is 0.138 e. The normalized spacial score (nSPS) is 13.9. The van der Waals surface area contributed by atoms with Crippen LogP contribution in [0, 0.1) is 37.5 Å². The Morgan fingerprint density at radius 3 is 0.921 bits per heavy atom. The zero-order valence-electron chi connectivity index (χ0n) is 41.8. The molecule has 340 valence electrons. The first kappa shape index (κ1) is 48.6. The molecule has 0 saturated heterocycles. The van der Waals surface area contributed by atoms with Gasteiger partial charge < -0.3 is 4.74 Å². The molecule has 0 heterocycles. The molecule has 0 aliphatic heterocycles. The van der Waals surface area contributed by atoms with Gasteiger partial charge in [0, 0.05) is 10.8 Å². The van der Waals surface area contributed by atoms with Crippen LogP contribution in [-0.4, -0.2) is 0 Å². The summed E-state index contributed by atoms with van der Waals surface area (Å²) in [4.78, 5) is 0. The number of rotatable bonds is 26. The number of hydrogen-bond donors (Lipinski definition) is 0. The van der Waals surface area contributed by atoms with E-state index in [-0.39, 0.29) is 0 Å². The van der Waals surface area contributed by atoms with Crippen molar-refractivity contribution < 1.29 is 4.74 Å². The lowest BCUT2D eigenvalue weighted by Crippen LogP contribution is -2.10. The molecule has 6 rings (SSSR count). The number of fused-ring (bicyclic) bond motifs is 4. The summed E-state index contributed by atoms with van der Waals surface area (Å²) in [6.45, 7) is 23.7. The van der Waals surface area contributed by atoms with E-state index < -0.39 is 0 Å². The minimum Gasteiger partial charge on any atom is -0.455 e. The van der Waals surface area contributed by atoms with Crippen molar-refractivity contribution in [2.75, 3.05) is 0 Å². The number of aryl methyl sites for hydroxylation is 2. The molecule has 0 amide bonds. The summed E-state index contributed by atoms with van der Waals surface area (Å²) in [6, 6.07) is 28.7. The van der Waals surface area contributed by atoms with Crippen LogP contribution < -0.4 is 4.74 Å². The summed E-state index contributed by atoms with van der Waals surface area (Å²) in [5.41, 5.74) is 8.55. The molecule has 4 atom stereocenters. The van der Waals surface area contributed by atoms with Crippen molar-refractivity contribution in [2.24, 2.45) is 23.7 Å². The third kappa shape index (κ3) is 11.2. The predicted octanol–water partition coefficient (Wildman–Crippen LogP) is 19.7. The topological polar surface area (TPSA) is 9.23 Å². The van der Waals surface area contributed by atoms with Crippen molar-refractivity contribution in [3.63, 3.8) is 0 Å². The highest BCUT2D eigenvalue weighted by Crippen LogP contribution is 2.48. The Hall–Kier alpha value is -3.84. The van der Waals surface area contributed by atoms with E-state index in [2.05, 4.69) is 142 Å². The highest BCUT2D eigenvalue weighted by atomic mass is 16.5. The molecule has 0 radical (unpaired) electrons. The Bertz CT molecular complexity index is 2210. The maximum Gasteiger partial charge on any atom is 0.138 e. The number of unbranched alkanes of at least 4 members (excludes halogenated alkanes) is 4. The van der Waals surface area contributed by atoms with E-state index in [1.165, 1.54) is 179 Å². The summed E-state index contributed by atoms with van der Waals surface area (Å²) >= 11 is 0. The monoisotopic (exact) mass is 847 g/mol. The molecule has 0 saturated carbocycles. The van der Waals surface area contributed by atoms with Crippen LogP contribution in [0.1, 0.15) is 192 Å². The first-order valence-corrected chi connectivity index (χ1v) is 26.4. The van der Waals surface area contributed by atoms with Crippen molar-refractivity contribution in [1.29, 1.82) is 0 Å². The number of ether oxygens (including phenoxy) is 1. The van der Waals surface area contributed by atoms with Gasteiger partial charge in [0.1, 0.15) is 11.5 Å². The standard InChI is InChI=1S/C62H86O/c1-11-19-27-45(15-5)39-55-49-31-23-25-33-51(49)57(41-47(17-7)29-21-13-3)59-53(55)37-35-43(9)61(59)63-62-44(10)36-38-54-56(40-46(16-6)28-20-12-2)50-32-24-26-34-52(50)58(60(54)62)42-48(18-8)30-22-14-4/h23-26,31-38,45-48H,11-22,27-30,39-42H2,1-10H3. The molecule has 1 heteroatoms. The predicted molar refractivity (Wildman–Crippen MR) is 280 cm³/mol. The molecule has 0 aliphatic carbocycles. The second kappa shape index (κ2) is 23.9. The second-order valence-electron chi connectivity index (χ2n) is 19.9. The zero-order chi connectivity index (χ0) is 44.9. The van der Waals surface area contributed by atoms with E-state index in [1.807, 2.05) is 0 Å². The molecule has 0 fully saturated rings. The van der Waals surface area contributed by atoms with Gasteiger partial charge in [0.2, 0.25) is 0 Å². The third-order valence-corrected chi connectivity index (χ3v) is 15.5. The Kier molecular flexibility index (Phi) is 18.4. The highest BCUT2D eigenvalue weighted by molar-refractivity contribution is 6.11. The van der Waals surface area contributed by atoms with Crippen LogP contribution in [0.15, 0.2) is 72.8 Å². The van der Waals surface area contributed by atoms with Crippen LogP contribution in [0.2, 0.25) is 0 Å². The molecule has 0 aliphatic rings. The largest absolute Gasteiger partial charge is 0.455 e. The average molecular weight is 847 g/mol. The van der Waals surface area contributed by atoms with Gasteiger partial charge in [-0.25, -0.2) is 0 Å². The van der Waals surface area contributed by atoms with E-state index in [1.54, 1.807) is 0 Å². The van der Waals surface area contributed by atoms with Crippen LogP contribution in [0.25, 0.3) is 43.1 Å². The van der Waals surface area contributed by atoms with Crippen molar-refractivity contribution >= 4 is 43.1 Å². The molecular formula is C62H86O. The van der Waals surface area contributed by atoms with Crippen molar-refractivity contribution in [3.8, 4) is 11.5 Å². The molecule has 6 aromatic rings. The lowest BCUT2D eigenvalue weighted by Gasteiger charge is -2.27. The number of benzene rings is 6. The maximum atomic E-state index is 7.94. The van der Waals surface area contributed by atoms with Crippen LogP contribution >= 0.6 is 0 Å². The van der Waals surface area contributed by atoms with Gasteiger partial charge in [0.25, 0.3) is 0 Å². The molecular weight excluding hydrogens is 761 g/mol. The molecule has 4 unspecified atom stereocenters. The maximum absolute atomic E-state index is 7.94. The zero-order valence-corrected chi connectivity index (χ0v) is 41.8. The van der Waals surface area contributed by atoms with Gasteiger partial charge in [-0.05, 0) is 129 Å². The van der Waals surface area contributed by atoms with Gasteiger partial charge in [-0.2, -0.15) is 0 Å². The Morgan fingerprint density at radius 1 is 0.349 bits per heavy atom. The van der Waals surface area contributed by atoms with E-state index in [9.17, 15) is 0 Å². The van der Waals surface area contributed by atoms with Gasteiger partial charge in [-0.3, -0.25) is 0 Å². The molecule has 63 heavy (non-hydrogen) atoms. The third-order valence-electron chi connectivity index (χ3n) is 15.5. The summed E-state index contributed by atoms with van der Waals surface area (Å²) in [5.74, 6) is 4.78. The summed E-state index contributed by atoms with van der Waals surface area (Å²) in [6.07, 6.45) is 24.5. The fourth-order valence-corrected chi connectivity index (χ4v) is 11.2. The van der Waals surface area contributed by atoms with Crippen LogP contribution in [0.4, 0.5) is 0 Å². The van der Waals surface area contributed by atoms with Gasteiger partial charge >= 0.3 is 0 Å². The Labute approximate surface area is 385 Å².